The summed E-state index contributed by atoms with van der Waals surface area (Å²) in [5.41, 5.74) is -0.769. The summed E-state index contributed by atoms with van der Waals surface area (Å²) >= 11 is 0. The largest absolute Gasteiger partial charge is 0.390 e. The molecule has 5 unspecified atom stereocenters. The van der Waals surface area contributed by atoms with Gasteiger partial charge in [0.2, 0.25) is 0 Å². The predicted molar refractivity (Wildman–Crippen MR) is 95.8 cm³/mol. The van der Waals surface area contributed by atoms with E-state index in [-0.39, 0.29) is 5.60 Å². The highest BCUT2D eigenvalue weighted by atomic mass is 16.5. The number of allylic oxidation sites excluding steroid dienone is 1. The third-order valence-corrected chi connectivity index (χ3v) is 6.49. The molecule has 24 heavy (non-hydrogen) atoms. The molecule has 2 aliphatic heterocycles. The van der Waals surface area contributed by atoms with Crippen molar-refractivity contribution in [1.82, 2.24) is 0 Å². The molecule has 0 aromatic rings. The minimum absolute atomic E-state index is 0.230. The maximum absolute atomic E-state index is 10.7. The van der Waals surface area contributed by atoms with E-state index >= 15 is 0 Å². The Hall–Kier alpha value is -0.420. The molecule has 0 saturated carbocycles. The highest BCUT2D eigenvalue weighted by molar-refractivity contribution is 5.08. The predicted octanol–water partition coefficient (Wildman–Crippen LogP) is 3.33. The SMILES string of the molecule is CC1=CCC2(C(C)C)CCC(C)(O2)C(O)CCC(C)(O)C(O)CC1. The molecule has 3 N–H and O–H groups in total. The Labute approximate surface area is 146 Å². The van der Waals surface area contributed by atoms with Crippen LogP contribution in [0.2, 0.25) is 0 Å². The maximum Gasteiger partial charge on any atom is 0.0921 e. The lowest BCUT2D eigenvalue weighted by molar-refractivity contribution is -0.167. The monoisotopic (exact) mass is 340 g/mol. The molecule has 2 heterocycles. The topological polar surface area (TPSA) is 69.9 Å². The highest BCUT2D eigenvalue weighted by Gasteiger charge is 2.51. The van der Waals surface area contributed by atoms with Crippen molar-refractivity contribution in [2.24, 2.45) is 5.92 Å². The summed E-state index contributed by atoms with van der Waals surface area (Å²) in [6.45, 7) is 10.1. The fourth-order valence-corrected chi connectivity index (χ4v) is 4.07. The van der Waals surface area contributed by atoms with Crippen molar-refractivity contribution in [3.8, 4) is 0 Å². The smallest absolute Gasteiger partial charge is 0.0921 e. The van der Waals surface area contributed by atoms with Crippen molar-refractivity contribution in [3.63, 3.8) is 0 Å². The quantitative estimate of drug-likeness (QED) is 0.640. The molecule has 4 nitrogen and oxygen atoms in total. The van der Waals surface area contributed by atoms with Crippen LogP contribution in [0.3, 0.4) is 0 Å². The zero-order chi connectivity index (χ0) is 18.2. The van der Waals surface area contributed by atoms with Gasteiger partial charge in [0.05, 0.1) is 29.0 Å². The number of ether oxygens (including phenoxy) is 1. The summed E-state index contributed by atoms with van der Waals surface area (Å²) < 4.78 is 6.53. The first kappa shape index (κ1) is 19.9. The number of aliphatic hydroxyl groups excluding tert-OH is 2. The molecular formula is C20H36O4. The van der Waals surface area contributed by atoms with Gasteiger partial charge in [0, 0.05) is 0 Å². The molecule has 5 atom stereocenters. The standard InChI is InChI=1S/C20H36O4/c1-14(2)20-11-8-15(3)6-7-16(21)18(4,23)10-9-17(22)19(5,24-20)12-13-20/h8,14,16-17,21-23H,6-7,9-13H2,1-5H3. The minimum Gasteiger partial charge on any atom is -0.390 e. The molecule has 2 aliphatic rings. The molecule has 0 spiro atoms. The molecular weight excluding hydrogens is 304 g/mol. The van der Waals surface area contributed by atoms with Crippen LogP contribution in [0.1, 0.15) is 79.6 Å². The Bertz CT molecular complexity index is 470. The van der Waals surface area contributed by atoms with Gasteiger partial charge in [-0.25, -0.2) is 0 Å². The molecule has 0 aromatic heterocycles. The average molecular weight is 341 g/mol. The van der Waals surface area contributed by atoms with Crippen LogP contribution in [0.25, 0.3) is 0 Å². The number of rotatable bonds is 1. The van der Waals surface area contributed by atoms with E-state index in [0.29, 0.717) is 25.2 Å². The number of fused-ring (bicyclic) bond motifs is 2. The van der Waals surface area contributed by atoms with Crippen molar-refractivity contribution >= 4 is 0 Å². The van der Waals surface area contributed by atoms with E-state index in [2.05, 4.69) is 26.8 Å². The summed E-state index contributed by atoms with van der Waals surface area (Å²) in [4.78, 5) is 0. The van der Waals surface area contributed by atoms with Crippen LogP contribution in [-0.4, -0.2) is 44.3 Å². The summed E-state index contributed by atoms with van der Waals surface area (Å²) in [5, 5.41) is 31.7. The van der Waals surface area contributed by atoms with Gasteiger partial charge < -0.3 is 20.1 Å². The van der Waals surface area contributed by atoms with E-state index in [9.17, 15) is 15.3 Å². The van der Waals surface area contributed by atoms with E-state index in [1.165, 1.54) is 5.57 Å². The summed E-state index contributed by atoms with van der Waals surface area (Å²) in [5.74, 6) is 0.370. The van der Waals surface area contributed by atoms with Gasteiger partial charge in [-0.2, -0.15) is 0 Å². The lowest BCUT2D eigenvalue weighted by Gasteiger charge is -2.39. The lowest BCUT2D eigenvalue weighted by Crippen LogP contribution is -2.46. The number of hydrogen-bond donors (Lipinski definition) is 3. The fourth-order valence-electron chi connectivity index (χ4n) is 4.07. The van der Waals surface area contributed by atoms with Gasteiger partial charge in [-0.05, 0) is 71.6 Å². The van der Waals surface area contributed by atoms with Crippen LogP contribution < -0.4 is 0 Å². The van der Waals surface area contributed by atoms with Gasteiger partial charge in [0.1, 0.15) is 0 Å². The first-order valence-electron chi connectivity index (χ1n) is 9.45. The summed E-state index contributed by atoms with van der Waals surface area (Å²) in [6, 6.07) is 0. The van der Waals surface area contributed by atoms with Crippen LogP contribution in [-0.2, 0) is 4.74 Å². The second-order valence-corrected chi connectivity index (χ2v) is 8.85. The molecule has 4 heteroatoms. The summed E-state index contributed by atoms with van der Waals surface area (Å²) in [7, 11) is 0. The van der Waals surface area contributed by atoms with Crippen molar-refractivity contribution in [2.45, 2.75) is 109 Å². The van der Waals surface area contributed by atoms with Crippen molar-refractivity contribution in [1.29, 1.82) is 0 Å². The van der Waals surface area contributed by atoms with Gasteiger partial charge >= 0.3 is 0 Å². The molecule has 0 amide bonds. The zero-order valence-electron chi connectivity index (χ0n) is 16.0. The Kier molecular flexibility index (Phi) is 5.86. The normalized spacial score (nSPS) is 45.3. The summed E-state index contributed by atoms with van der Waals surface area (Å²) in [6.07, 6.45) is 5.52. The Morgan fingerprint density at radius 2 is 1.75 bits per heavy atom. The highest BCUT2D eigenvalue weighted by Crippen LogP contribution is 2.47. The second-order valence-electron chi connectivity index (χ2n) is 8.85. The fraction of sp³-hybridized carbons (Fsp3) is 0.900. The van der Waals surface area contributed by atoms with Gasteiger partial charge in [0.25, 0.3) is 0 Å². The first-order valence-corrected chi connectivity index (χ1v) is 9.45. The number of aliphatic hydroxyl groups is 3. The minimum atomic E-state index is -1.18. The average Bonchev–Trinajstić information content (AvgIpc) is 2.87. The van der Waals surface area contributed by atoms with Crippen LogP contribution in [0, 0.1) is 5.92 Å². The second kappa shape index (κ2) is 7.06. The van der Waals surface area contributed by atoms with E-state index in [4.69, 9.17) is 4.74 Å². The Morgan fingerprint density at radius 1 is 1.08 bits per heavy atom. The van der Waals surface area contributed by atoms with Crippen molar-refractivity contribution < 1.29 is 20.1 Å². The molecule has 1 saturated heterocycles. The third-order valence-electron chi connectivity index (χ3n) is 6.49. The molecule has 1 fully saturated rings. The van der Waals surface area contributed by atoms with Gasteiger partial charge in [-0.3, -0.25) is 0 Å². The van der Waals surface area contributed by atoms with Gasteiger partial charge in [-0.1, -0.05) is 25.5 Å². The first-order chi connectivity index (χ1) is 11.0. The maximum atomic E-state index is 10.7. The van der Waals surface area contributed by atoms with Crippen LogP contribution in [0.5, 0.6) is 0 Å². The van der Waals surface area contributed by atoms with E-state index in [1.807, 2.05) is 6.92 Å². The Morgan fingerprint density at radius 3 is 2.38 bits per heavy atom. The lowest BCUT2D eigenvalue weighted by atomic mass is 9.81. The molecule has 0 radical (unpaired) electrons. The van der Waals surface area contributed by atoms with Crippen LogP contribution >= 0.6 is 0 Å². The van der Waals surface area contributed by atoms with E-state index < -0.39 is 23.4 Å². The zero-order valence-corrected chi connectivity index (χ0v) is 16.0. The van der Waals surface area contributed by atoms with E-state index in [1.54, 1.807) is 6.92 Å². The van der Waals surface area contributed by atoms with Crippen molar-refractivity contribution in [2.75, 3.05) is 0 Å². The molecule has 2 bridgehead atoms. The van der Waals surface area contributed by atoms with Crippen molar-refractivity contribution in [3.05, 3.63) is 11.6 Å². The van der Waals surface area contributed by atoms with Crippen LogP contribution in [0.4, 0.5) is 0 Å². The molecule has 0 aromatic carbocycles. The van der Waals surface area contributed by atoms with E-state index in [0.717, 1.165) is 25.7 Å². The number of hydrogen-bond acceptors (Lipinski definition) is 4. The molecule has 0 aliphatic carbocycles. The van der Waals surface area contributed by atoms with Gasteiger partial charge in [0.15, 0.2) is 0 Å². The Balaban J connectivity index is 2.30. The van der Waals surface area contributed by atoms with Gasteiger partial charge in [-0.15, -0.1) is 0 Å². The molecule has 2 rings (SSSR count). The third kappa shape index (κ3) is 4.04. The van der Waals surface area contributed by atoms with Crippen LogP contribution in [0.15, 0.2) is 11.6 Å². The molecule has 140 valence electrons.